The Kier molecular flexibility index (Phi) is 3.92. The van der Waals surface area contributed by atoms with Crippen LogP contribution in [0.25, 0.3) is 0 Å². The summed E-state index contributed by atoms with van der Waals surface area (Å²) in [5, 5.41) is 0. The zero-order valence-electron chi connectivity index (χ0n) is 10.5. The minimum atomic E-state index is 0.560. The smallest absolute Gasteiger partial charge is 0.143 e. The first-order valence-electron chi connectivity index (χ1n) is 6.29. The molecule has 1 aliphatic heterocycles. The standard InChI is InChI=1S/C13H20BrN3/c1-3-10-5-4-9(2)17(8-10)13-12(14)6-11(15)7-16-13/h6-7,9-10H,3-5,8,15H2,1-2H3. The third-order valence-electron chi connectivity index (χ3n) is 3.67. The van der Waals surface area contributed by atoms with Crippen LogP contribution in [0.4, 0.5) is 11.5 Å². The average molecular weight is 298 g/mol. The molecule has 17 heavy (non-hydrogen) atoms. The third-order valence-corrected chi connectivity index (χ3v) is 4.26. The zero-order valence-corrected chi connectivity index (χ0v) is 12.1. The second-order valence-electron chi connectivity index (χ2n) is 4.93. The van der Waals surface area contributed by atoms with Crippen molar-refractivity contribution in [3.63, 3.8) is 0 Å². The number of piperidine rings is 1. The van der Waals surface area contributed by atoms with Crippen molar-refractivity contribution in [2.24, 2.45) is 5.92 Å². The van der Waals surface area contributed by atoms with Gasteiger partial charge in [0.25, 0.3) is 0 Å². The molecule has 0 aromatic carbocycles. The molecule has 2 unspecified atom stereocenters. The first kappa shape index (κ1) is 12.7. The van der Waals surface area contributed by atoms with E-state index in [0.29, 0.717) is 11.7 Å². The number of halogens is 1. The highest BCUT2D eigenvalue weighted by molar-refractivity contribution is 9.10. The summed E-state index contributed by atoms with van der Waals surface area (Å²) in [6.45, 7) is 5.65. The molecule has 3 nitrogen and oxygen atoms in total. The van der Waals surface area contributed by atoms with E-state index in [2.05, 4.69) is 39.7 Å². The number of rotatable bonds is 2. The van der Waals surface area contributed by atoms with Crippen molar-refractivity contribution in [3.8, 4) is 0 Å². The van der Waals surface area contributed by atoms with Gasteiger partial charge in [-0.05, 0) is 47.7 Å². The maximum Gasteiger partial charge on any atom is 0.143 e. The molecule has 94 valence electrons. The van der Waals surface area contributed by atoms with E-state index in [0.717, 1.165) is 22.8 Å². The Morgan fingerprint density at radius 3 is 2.94 bits per heavy atom. The number of hydrogen-bond donors (Lipinski definition) is 1. The van der Waals surface area contributed by atoms with Crippen molar-refractivity contribution in [1.82, 2.24) is 4.98 Å². The summed E-state index contributed by atoms with van der Waals surface area (Å²) in [6, 6.07) is 2.50. The SMILES string of the molecule is CCC1CCC(C)N(c2ncc(N)cc2Br)C1. The molecular formula is C13H20BrN3. The molecule has 0 amide bonds. The van der Waals surface area contributed by atoms with E-state index in [4.69, 9.17) is 5.73 Å². The van der Waals surface area contributed by atoms with Gasteiger partial charge >= 0.3 is 0 Å². The molecule has 0 aliphatic carbocycles. The molecule has 0 bridgehead atoms. The van der Waals surface area contributed by atoms with Crippen LogP contribution in [0.3, 0.4) is 0 Å². The number of aromatic nitrogens is 1. The normalized spacial score (nSPS) is 25.0. The van der Waals surface area contributed by atoms with Gasteiger partial charge in [0.1, 0.15) is 5.82 Å². The summed E-state index contributed by atoms with van der Waals surface area (Å²) in [6.07, 6.45) is 5.57. The second-order valence-corrected chi connectivity index (χ2v) is 5.78. The Morgan fingerprint density at radius 2 is 2.29 bits per heavy atom. The molecule has 0 spiro atoms. The van der Waals surface area contributed by atoms with Gasteiger partial charge in [-0.25, -0.2) is 4.98 Å². The Hall–Kier alpha value is -0.770. The lowest BCUT2D eigenvalue weighted by molar-refractivity contribution is 0.357. The van der Waals surface area contributed by atoms with E-state index in [1.54, 1.807) is 6.20 Å². The van der Waals surface area contributed by atoms with Gasteiger partial charge in [0.15, 0.2) is 0 Å². The van der Waals surface area contributed by atoms with E-state index < -0.39 is 0 Å². The maximum absolute atomic E-state index is 5.73. The highest BCUT2D eigenvalue weighted by atomic mass is 79.9. The molecule has 1 fully saturated rings. The van der Waals surface area contributed by atoms with Gasteiger partial charge in [0, 0.05) is 12.6 Å². The highest BCUT2D eigenvalue weighted by Crippen LogP contribution is 2.32. The number of nitrogen functional groups attached to an aromatic ring is 1. The Bertz CT molecular complexity index is 394. The fourth-order valence-corrected chi connectivity index (χ4v) is 3.06. The summed E-state index contributed by atoms with van der Waals surface area (Å²) in [5.74, 6) is 1.82. The third kappa shape index (κ3) is 2.73. The van der Waals surface area contributed by atoms with E-state index in [-0.39, 0.29) is 0 Å². The highest BCUT2D eigenvalue weighted by Gasteiger charge is 2.26. The summed E-state index contributed by atoms with van der Waals surface area (Å²) in [5.41, 5.74) is 6.44. The first-order chi connectivity index (χ1) is 8.11. The van der Waals surface area contributed by atoms with Crippen LogP contribution in [-0.2, 0) is 0 Å². The van der Waals surface area contributed by atoms with E-state index in [1.807, 2.05) is 6.07 Å². The van der Waals surface area contributed by atoms with Gasteiger partial charge in [-0.2, -0.15) is 0 Å². The van der Waals surface area contributed by atoms with Crippen molar-refractivity contribution in [2.75, 3.05) is 17.2 Å². The topological polar surface area (TPSA) is 42.2 Å². The van der Waals surface area contributed by atoms with Crippen molar-refractivity contribution in [3.05, 3.63) is 16.7 Å². The molecule has 0 saturated carbocycles. The molecule has 1 aromatic rings. The van der Waals surface area contributed by atoms with Crippen molar-refractivity contribution >= 4 is 27.4 Å². The van der Waals surface area contributed by atoms with Gasteiger partial charge in [-0.3, -0.25) is 0 Å². The minimum absolute atomic E-state index is 0.560. The number of nitrogens with two attached hydrogens (primary N) is 1. The molecule has 2 atom stereocenters. The Balaban J connectivity index is 2.24. The van der Waals surface area contributed by atoms with Crippen LogP contribution in [0, 0.1) is 5.92 Å². The predicted molar refractivity (Wildman–Crippen MR) is 76.2 cm³/mol. The van der Waals surface area contributed by atoms with Crippen LogP contribution >= 0.6 is 15.9 Å². The predicted octanol–water partition coefficient (Wildman–Crippen LogP) is 3.44. The van der Waals surface area contributed by atoms with Crippen LogP contribution in [0.15, 0.2) is 16.7 Å². The molecule has 2 rings (SSSR count). The zero-order chi connectivity index (χ0) is 12.4. The van der Waals surface area contributed by atoms with Crippen LogP contribution < -0.4 is 10.6 Å². The summed E-state index contributed by atoms with van der Waals surface area (Å²) < 4.78 is 1.00. The van der Waals surface area contributed by atoms with Crippen molar-refractivity contribution < 1.29 is 0 Å². The molecule has 1 saturated heterocycles. The van der Waals surface area contributed by atoms with Crippen LogP contribution in [0.1, 0.15) is 33.1 Å². The van der Waals surface area contributed by atoms with Gasteiger partial charge in [-0.1, -0.05) is 13.3 Å². The van der Waals surface area contributed by atoms with Crippen molar-refractivity contribution in [1.29, 1.82) is 0 Å². The van der Waals surface area contributed by atoms with Gasteiger partial charge < -0.3 is 10.6 Å². The summed E-state index contributed by atoms with van der Waals surface area (Å²) in [4.78, 5) is 6.88. The van der Waals surface area contributed by atoms with E-state index >= 15 is 0 Å². The summed E-state index contributed by atoms with van der Waals surface area (Å²) in [7, 11) is 0. The van der Waals surface area contributed by atoms with Crippen LogP contribution in [0.5, 0.6) is 0 Å². The number of pyridine rings is 1. The molecule has 1 aliphatic rings. The maximum atomic E-state index is 5.73. The fourth-order valence-electron chi connectivity index (χ4n) is 2.47. The molecule has 4 heteroatoms. The first-order valence-corrected chi connectivity index (χ1v) is 7.08. The van der Waals surface area contributed by atoms with Crippen LogP contribution in [0.2, 0.25) is 0 Å². The molecular weight excluding hydrogens is 278 g/mol. The molecule has 2 N–H and O–H groups in total. The number of hydrogen-bond acceptors (Lipinski definition) is 3. The van der Waals surface area contributed by atoms with Gasteiger partial charge in [0.05, 0.1) is 16.4 Å². The lowest BCUT2D eigenvalue weighted by atomic mass is 9.91. The molecule has 1 aromatic heterocycles. The second kappa shape index (κ2) is 5.25. The average Bonchev–Trinajstić information content (AvgIpc) is 2.30. The van der Waals surface area contributed by atoms with E-state index in [9.17, 15) is 0 Å². The molecule has 0 radical (unpaired) electrons. The van der Waals surface area contributed by atoms with Crippen LogP contribution in [-0.4, -0.2) is 17.6 Å². The monoisotopic (exact) mass is 297 g/mol. The van der Waals surface area contributed by atoms with Gasteiger partial charge in [-0.15, -0.1) is 0 Å². The van der Waals surface area contributed by atoms with E-state index in [1.165, 1.54) is 19.3 Å². The number of anilines is 2. The molecule has 2 heterocycles. The lowest BCUT2D eigenvalue weighted by Gasteiger charge is -2.39. The largest absolute Gasteiger partial charge is 0.397 e. The Morgan fingerprint density at radius 1 is 1.53 bits per heavy atom. The lowest BCUT2D eigenvalue weighted by Crippen LogP contribution is -2.42. The van der Waals surface area contributed by atoms with Gasteiger partial charge in [0.2, 0.25) is 0 Å². The summed E-state index contributed by atoms with van der Waals surface area (Å²) >= 11 is 3.57. The number of nitrogens with zero attached hydrogens (tertiary/aromatic N) is 2. The minimum Gasteiger partial charge on any atom is -0.397 e. The fraction of sp³-hybridized carbons (Fsp3) is 0.615. The quantitative estimate of drug-likeness (QED) is 0.909. The Labute approximate surface area is 112 Å². The van der Waals surface area contributed by atoms with Crippen molar-refractivity contribution in [2.45, 2.75) is 39.2 Å².